The van der Waals surface area contributed by atoms with Gasteiger partial charge in [-0.05, 0) is 47.4 Å². The molecule has 7 heteroatoms. The van der Waals surface area contributed by atoms with Crippen molar-refractivity contribution in [3.8, 4) is 0 Å². The molecule has 0 aliphatic rings. The summed E-state index contributed by atoms with van der Waals surface area (Å²) >= 11 is 0. The van der Waals surface area contributed by atoms with Crippen LogP contribution in [0.5, 0.6) is 0 Å². The summed E-state index contributed by atoms with van der Waals surface area (Å²) in [6.45, 7) is 4.00. The van der Waals surface area contributed by atoms with Crippen LogP contribution in [0.3, 0.4) is 0 Å². The second kappa shape index (κ2) is 8.39. The summed E-state index contributed by atoms with van der Waals surface area (Å²) in [5, 5.41) is 1.68. The molecule has 2 aromatic heterocycles. The van der Waals surface area contributed by atoms with E-state index < -0.39 is 21.0 Å². The van der Waals surface area contributed by atoms with Crippen LogP contribution in [-0.4, -0.2) is 25.9 Å². The van der Waals surface area contributed by atoms with Crippen molar-refractivity contribution in [2.24, 2.45) is 0 Å². The predicted molar refractivity (Wildman–Crippen MR) is 106 cm³/mol. The van der Waals surface area contributed by atoms with Crippen molar-refractivity contribution in [3.63, 3.8) is 0 Å². The van der Waals surface area contributed by atoms with Gasteiger partial charge in [-0.15, -0.1) is 0 Å². The summed E-state index contributed by atoms with van der Waals surface area (Å²) in [5.41, 5.74) is 1.57. The van der Waals surface area contributed by atoms with Crippen LogP contribution in [-0.2, 0) is 9.84 Å². The maximum Gasteiger partial charge on any atom is 0.287 e. The molecule has 3 aromatic rings. The van der Waals surface area contributed by atoms with E-state index in [0.29, 0.717) is 11.5 Å². The van der Waals surface area contributed by atoms with Gasteiger partial charge in [-0.25, -0.2) is 8.42 Å². The number of hydrogen-bond donors (Lipinski definition) is 1. The summed E-state index contributed by atoms with van der Waals surface area (Å²) in [4.78, 5) is 16.4. The number of rotatable bonds is 7. The Hall–Kier alpha value is -2.93. The third-order valence-electron chi connectivity index (χ3n) is 4.50. The molecule has 0 spiro atoms. The fourth-order valence-electron chi connectivity index (χ4n) is 2.86. The minimum absolute atomic E-state index is 0.0977. The molecule has 2 heterocycles. The topological polar surface area (TPSA) is 89.3 Å². The molecule has 0 aliphatic carbocycles. The first-order chi connectivity index (χ1) is 13.4. The minimum atomic E-state index is -3.75. The minimum Gasteiger partial charge on any atom is -0.459 e. The van der Waals surface area contributed by atoms with Crippen molar-refractivity contribution in [1.29, 1.82) is 0 Å². The fraction of sp³-hybridized carbons (Fsp3) is 0.238. The van der Waals surface area contributed by atoms with E-state index in [2.05, 4.69) is 10.3 Å². The number of nitrogens with one attached hydrogen (secondary N) is 1. The lowest BCUT2D eigenvalue weighted by Crippen LogP contribution is -2.31. The third kappa shape index (κ3) is 4.31. The molecule has 0 fully saturated rings. The molecule has 146 valence electrons. The number of nitrogens with zero attached hydrogens (tertiary/aromatic N) is 1. The van der Waals surface area contributed by atoms with Crippen molar-refractivity contribution in [2.45, 2.75) is 29.9 Å². The van der Waals surface area contributed by atoms with Crippen LogP contribution in [0.15, 0.2) is 76.5 Å². The molecule has 0 bridgehead atoms. The maximum atomic E-state index is 13.3. The van der Waals surface area contributed by atoms with Gasteiger partial charge >= 0.3 is 0 Å². The number of sulfone groups is 1. The number of carbonyl (C=O) groups is 1. The number of aromatic nitrogens is 1. The zero-order chi connectivity index (χ0) is 20.1. The number of hydrogen-bond acceptors (Lipinski definition) is 5. The largest absolute Gasteiger partial charge is 0.459 e. The second-order valence-corrected chi connectivity index (χ2v) is 8.86. The zero-order valence-corrected chi connectivity index (χ0v) is 16.5. The summed E-state index contributed by atoms with van der Waals surface area (Å²) < 4.78 is 31.7. The molecule has 1 atom stereocenters. The molecule has 1 N–H and O–H groups in total. The van der Waals surface area contributed by atoms with E-state index in [1.54, 1.807) is 36.5 Å². The molecule has 0 saturated heterocycles. The molecule has 28 heavy (non-hydrogen) atoms. The Morgan fingerprint density at radius 2 is 1.82 bits per heavy atom. The monoisotopic (exact) mass is 398 g/mol. The molecular formula is C21H22N2O4S. The van der Waals surface area contributed by atoms with Crippen molar-refractivity contribution >= 4 is 15.7 Å². The van der Waals surface area contributed by atoms with E-state index in [0.717, 1.165) is 5.56 Å². The Balaban J connectivity index is 1.90. The van der Waals surface area contributed by atoms with Gasteiger partial charge < -0.3 is 9.73 Å². The van der Waals surface area contributed by atoms with Gasteiger partial charge in [-0.1, -0.05) is 32.0 Å². The summed E-state index contributed by atoms with van der Waals surface area (Å²) in [5.74, 6) is -0.0358. The molecular weight excluding hydrogens is 376 g/mol. The van der Waals surface area contributed by atoms with Crippen LogP contribution >= 0.6 is 0 Å². The Morgan fingerprint density at radius 1 is 1.07 bits per heavy atom. The van der Waals surface area contributed by atoms with Crippen molar-refractivity contribution in [3.05, 3.63) is 84.1 Å². The van der Waals surface area contributed by atoms with Gasteiger partial charge in [0.25, 0.3) is 5.91 Å². The van der Waals surface area contributed by atoms with Crippen molar-refractivity contribution in [1.82, 2.24) is 10.3 Å². The first-order valence-electron chi connectivity index (χ1n) is 8.95. The highest BCUT2D eigenvalue weighted by molar-refractivity contribution is 7.91. The van der Waals surface area contributed by atoms with E-state index >= 15 is 0 Å². The highest BCUT2D eigenvalue weighted by Gasteiger charge is 2.30. The van der Waals surface area contributed by atoms with E-state index in [1.165, 1.54) is 18.5 Å². The number of benzene rings is 1. The van der Waals surface area contributed by atoms with Gasteiger partial charge in [0.15, 0.2) is 15.6 Å². The van der Waals surface area contributed by atoms with Crippen LogP contribution in [0, 0.1) is 0 Å². The first kappa shape index (κ1) is 19.8. The summed E-state index contributed by atoms with van der Waals surface area (Å²) in [7, 11) is -3.75. The Morgan fingerprint density at radius 3 is 2.39 bits per heavy atom. The van der Waals surface area contributed by atoms with E-state index in [4.69, 9.17) is 4.42 Å². The Kier molecular flexibility index (Phi) is 5.94. The highest BCUT2D eigenvalue weighted by Crippen LogP contribution is 2.29. The van der Waals surface area contributed by atoms with Crippen LogP contribution in [0.25, 0.3) is 0 Å². The highest BCUT2D eigenvalue weighted by atomic mass is 32.2. The number of amides is 1. The van der Waals surface area contributed by atoms with Crippen molar-refractivity contribution < 1.29 is 17.6 Å². The third-order valence-corrected chi connectivity index (χ3v) is 6.62. The van der Waals surface area contributed by atoms with Crippen LogP contribution in [0.1, 0.15) is 46.7 Å². The zero-order valence-electron chi connectivity index (χ0n) is 15.7. The number of carbonyl (C=O) groups excluding carboxylic acids is 1. The molecule has 1 amide bonds. The average molecular weight is 398 g/mol. The standard InChI is InChI=1S/C21H22N2O4S/c1-15(2)16-7-9-18(10-8-16)28(25,26)20(17-5-3-11-22-13-17)14-23-21(24)19-6-4-12-27-19/h3-13,15,20H,14H2,1-2H3,(H,23,24)/t20-/m0/s1. The van der Waals surface area contributed by atoms with Gasteiger partial charge in [0.2, 0.25) is 0 Å². The van der Waals surface area contributed by atoms with Crippen molar-refractivity contribution in [2.75, 3.05) is 6.54 Å². The van der Waals surface area contributed by atoms with Crippen LogP contribution < -0.4 is 5.32 Å². The van der Waals surface area contributed by atoms with Crippen LogP contribution in [0.2, 0.25) is 0 Å². The number of furan rings is 1. The second-order valence-electron chi connectivity index (χ2n) is 6.73. The molecule has 0 aliphatic heterocycles. The van der Waals surface area contributed by atoms with E-state index in [1.807, 2.05) is 26.0 Å². The average Bonchev–Trinajstić information content (AvgIpc) is 3.23. The van der Waals surface area contributed by atoms with Gasteiger partial charge in [-0.2, -0.15) is 0 Å². The molecule has 0 radical (unpaired) electrons. The lowest BCUT2D eigenvalue weighted by Gasteiger charge is -2.19. The lowest BCUT2D eigenvalue weighted by atomic mass is 10.0. The smallest absolute Gasteiger partial charge is 0.287 e. The summed E-state index contributed by atoms with van der Waals surface area (Å²) in [6.07, 6.45) is 4.47. The molecule has 6 nitrogen and oxygen atoms in total. The fourth-order valence-corrected chi connectivity index (χ4v) is 4.50. The van der Waals surface area contributed by atoms with Crippen LogP contribution in [0.4, 0.5) is 0 Å². The maximum absolute atomic E-state index is 13.3. The Labute approximate surface area is 164 Å². The summed E-state index contributed by atoms with van der Waals surface area (Å²) in [6, 6.07) is 13.3. The Bertz CT molecular complexity index is 1010. The molecule has 1 aromatic carbocycles. The molecule has 0 unspecified atom stereocenters. The molecule has 0 saturated carbocycles. The van der Waals surface area contributed by atoms with E-state index in [-0.39, 0.29) is 17.2 Å². The predicted octanol–water partition coefficient (Wildman–Crippen LogP) is 3.74. The first-order valence-corrected chi connectivity index (χ1v) is 10.5. The van der Waals surface area contributed by atoms with Gasteiger partial charge in [0.05, 0.1) is 11.2 Å². The SMILES string of the molecule is CC(C)c1ccc(S(=O)(=O)[C@@H](CNC(=O)c2ccco2)c2cccnc2)cc1. The van der Waals surface area contributed by atoms with Gasteiger partial charge in [0, 0.05) is 18.9 Å². The molecule has 3 rings (SSSR count). The van der Waals surface area contributed by atoms with E-state index in [9.17, 15) is 13.2 Å². The quantitative estimate of drug-likeness (QED) is 0.655. The lowest BCUT2D eigenvalue weighted by molar-refractivity contribution is 0.0926. The normalized spacial score (nSPS) is 12.7. The number of pyridine rings is 1. The van der Waals surface area contributed by atoms with Gasteiger partial charge in [-0.3, -0.25) is 9.78 Å². The van der Waals surface area contributed by atoms with Gasteiger partial charge in [0.1, 0.15) is 5.25 Å².